The number of nitrogens with one attached hydrogen (secondary N) is 1. The molecule has 0 bridgehead atoms. The molecule has 1 amide bonds. The van der Waals surface area contributed by atoms with E-state index in [2.05, 4.69) is 57.3 Å². The Labute approximate surface area is 182 Å². The van der Waals surface area contributed by atoms with E-state index in [1.54, 1.807) is 0 Å². The fourth-order valence-electron chi connectivity index (χ4n) is 3.48. The van der Waals surface area contributed by atoms with Gasteiger partial charge in [-0.3, -0.25) is 9.69 Å². The van der Waals surface area contributed by atoms with Crippen molar-refractivity contribution >= 4 is 21.8 Å². The molecular weight excluding hydrogens is 430 g/mol. The Morgan fingerprint density at radius 1 is 1.17 bits per heavy atom. The zero-order chi connectivity index (χ0) is 20.6. The van der Waals surface area contributed by atoms with E-state index in [0.717, 1.165) is 55.8 Å². The largest absolute Gasteiger partial charge is 0.494 e. The van der Waals surface area contributed by atoms with Gasteiger partial charge in [0.2, 0.25) is 0 Å². The normalized spacial score (nSPS) is 16.9. The van der Waals surface area contributed by atoms with Crippen LogP contribution in [0.4, 0.5) is 0 Å². The van der Waals surface area contributed by atoms with Crippen LogP contribution in [-0.4, -0.2) is 62.1 Å². The molecule has 3 rings (SSSR count). The first-order valence-corrected chi connectivity index (χ1v) is 10.9. The second-order valence-corrected chi connectivity index (χ2v) is 8.77. The van der Waals surface area contributed by atoms with Crippen LogP contribution in [0.2, 0.25) is 0 Å². The molecule has 2 aromatic carbocycles. The quantitative estimate of drug-likeness (QED) is 0.579. The predicted octanol–water partition coefficient (Wildman–Crippen LogP) is 3.78. The van der Waals surface area contributed by atoms with Crippen LogP contribution in [0.25, 0.3) is 0 Å². The number of carbonyl (C=O) groups excluding carboxylic acids is 1. The smallest absolute Gasteiger partial charge is 0.251 e. The second-order valence-electron chi connectivity index (χ2n) is 7.85. The summed E-state index contributed by atoms with van der Waals surface area (Å²) in [5.41, 5.74) is 1.97. The highest BCUT2D eigenvalue weighted by atomic mass is 79.9. The van der Waals surface area contributed by atoms with Crippen molar-refractivity contribution in [3.05, 3.63) is 64.1 Å². The van der Waals surface area contributed by atoms with Gasteiger partial charge in [-0.2, -0.15) is 0 Å². The molecule has 1 atom stereocenters. The lowest BCUT2D eigenvalue weighted by molar-refractivity contribution is 0.0937. The van der Waals surface area contributed by atoms with Crippen LogP contribution in [0.5, 0.6) is 5.75 Å². The van der Waals surface area contributed by atoms with Gasteiger partial charge in [0.25, 0.3) is 5.91 Å². The van der Waals surface area contributed by atoms with Crippen molar-refractivity contribution in [2.24, 2.45) is 0 Å². The van der Waals surface area contributed by atoms with Crippen molar-refractivity contribution in [2.45, 2.75) is 25.4 Å². The molecule has 156 valence electrons. The molecule has 0 aromatic heterocycles. The van der Waals surface area contributed by atoms with E-state index < -0.39 is 0 Å². The lowest BCUT2D eigenvalue weighted by atomic mass is 10.2. The lowest BCUT2D eigenvalue weighted by Crippen LogP contribution is -2.36. The number of likely N-dealkylation sites (tertiary alicyclic amines) is 1. The van der Waals surface area contributed by atoms with Gasteiger partial charge in [-0.25, -0.2) is 0 Å². The van der Waals surface area contributed by atoms with Gasteiger partial charge < -0.3 is 15.0 Å². The minimum atomic E-state index is 0.000110. The van der Waals surface area contributed by atoms with E-state index in [-0.39, 0.29) is 11.9 Å². The molecule has 0 radical (unpaired) electrons. The first kappa shape index (κ1) is 21.8. The van der Waals surface area contributed by atoms with E-state index >= 15 is 0 Å². The Morgan fingerprint density at radius 2 is 1.90 bits per heavy atom. The van der Waals surface area contributed by atoms with E-state index in [9.17, 15) is 4.79 Å². The first-order chi connectivity index (χ1) is 14.0. The highest BCUT2D eigenvalue weighted by molar-refractivity contribution is 9.10. The summed E-state index contributed by atoms with van der Waals surface area (Å²) in [4.78, 5) is 17.0. The summed E-state index contributed by atoms with van der Waals surface area (Å²) in [6.45, 7) is 4.54. The molecule has 0 saturated carbocycles. The Kier molecular flexibility index (Phi) is 8.09. The average molecular weight is 460 g/mol. The standard InChI is InChI=1S/C23H30BrN3O2/c1-26(2)13-3-15-29-22-10-4-18(5-11-22)16-27-14-12-21(17-27)25-23(28)19-6-8-20(24)9-7-19/h4-11,21H,3,12-17H2,1-2H3,(H,25,28). The molecule has 1 heterocycles. The summed E-state index contributed by atoms with van der Waals surface area (Å²) < 4.78 is 6.78. The molecule has 1 saturated heterocycles. The monoisotopic (exact) mass is 459 g/mol. The molecule has 1 fully saturated rings. The Bertz CT molecular complexity index is 778. The van der Waals surface area contributed by atoms with Crippen molar-refractivity contribution in [1.82, 2.24) is 15.1 Å². The number of benzene rings is 2. The summed E-state index contributed by atoms with van der Waals surface area (Å²) in [5, 5.41) is 3.16. The zero-order valence-corrected chi connectivity index (χ0v) is 18.8. The van der Waals surface area contributed by atoms with Crippen LogP contribution in [0, 0.1) is 0 Å². The van der Waals surface area contributed by atoms with Crippen LogP contribution in [0.1, 0.15) is 28.8 Å². The highest BCUT2D eigenvalue weighted by Crippen LogP contribution is 2.18. The molecule has 2 aromatic rings. The molecule has 29 heavy (non-hydrogen) atoms. The summed E-state index contributed by atoms with van der Waals surface area (Å²) >= 11 is 3.40. The fraction of sp³-hybridized carbons (Fsp3) is 0.435. The molecule has 0 aliphatic carbocycles. The first-order valence-electron chi connectivity index (χ1n) is 10.1. The van der Waals surface area contributed by atoms with Gasteiger partial charge in [0.1, 0.15) is 5.75 Å². The molecular formula is C23H30BrN3O2. The maximum Gasteiger partial charge on any atom is 0.251 e. The molecule has 1 aliphatic heterocycles. The minimum Gasteiger partial charge on any atom is -0.494 e. The number of amides is 1. The summed E-state index contributed by atoms with van der Waals surface area (Å²) in [6.07, 6.45) is 2.01. The van der Waals surface area contributed by atoms with Gasteiger partial charge in [0.15, 0.2) is 0 Å². The Morgan fingerprint density at radius 3 is 2.59 bits per heavy atom. The molecule has 0 spiro atoms. The Balaban J connectivity index is 1.41. The van der Waals surface area contributed by atoms with Crippen LogP contribution in [-0.2, 0) is 6.54 Å². The van der Waals surface area contributed by atoms with Crippen molar-refractivity contribution < 1.29 is 9.53 Å². The van der Waals surface area contributed by atoms with Crippen LogP contribution >= 0.6 is 15.9 Å². The predicted molar refractivity (Wildman–Crippen MR) is 120 cm³/mol. The van der Waals surface area contributed by atoms with Gasteiger partial charge in [0.05, 0.1) is 6.61 Å². The molecule has 5 nitrogen and oxygen atoms in total. The van der Waals surface area contributed by atoms with E-state index in [1.807, 2.05) is 36.4 Å². The van der Waals surface area contributed by atoms with E-state index in [1.165, 1.54) is 5.56 Å². The van der Waals surface area contributed by atoms with Crippen molar-refractivity contribution in [3.8, 4) is 5.75 Å². The van der Waals surface area contributed by atoms with E-state index in [0.29, 0.717) is 5.56 Å². The number of rotatable bonds is 9. The number of hydrogen-bond donors (Lipinski definition) is 1. The molecule has 1 aliphatic rings. The van der Waals surface area contributed by atoms with Gasteiger partial charge in [-0.05, 0) is 68.9 Å². The number of halogens is 1. The van der Waals surface area contributed by atoms with E-state index in [4.69, 9.17) is 4.74 Å². The van der Waals surface area contributed by atoms with Crippen molar-refractivity contribution in [2.75, 3.05) is 40.3 Å². The number of nitrogens with zero attached hydrogens (tertiary/aromatic N) is 2. The fourth-order valence-corrected chi connectivity index (χ4v) is 3.75. The highest BCUT2D eigenvalue weighted by Gasteiger charge is 2.24. The number of ether oxygens (including phenoxy) is 1. The average Bonchev–Trinajstić information content (AvgIpc) is 3.13. The summed E-state index contributed by atoms with van der Waals surface area (Å²) in [5.74, 6) is 0.925. The SMILES string of the molecule is CN(C)CCCOc1ccc(CN2CCC(NC(=O)c3ccc(Br)cc3)C2)cc1. The van der Waals surface area contributed by atoms with Crippen LogP contribution in [0.15, 0.2) is 53.0 Å². The van der Waals surface area contributed by atoms with Crippen LogP contribution < -0.4 is 10.1 Å². The van der Waals surface area contributed by atoms with Gasteiger partial charge in [-0.1, -0.05) is 28.1 Å². The van der Waals surface area contributed by atoms with Crippen molar-refractivity contribution in [3.63, 3.8) is 0 Å². The third kappa shape index (κ3) is 7.14. The topological polar surface area (TPSA) is 44.8 Å². The zero-order valence-electron chi connectivity index (χ0n) is 17.2. The minimum absolute atomic E-state index is 0.000110. The van der Waals surface area contributed by atoms with Crippen molar-refractivity contribution in [1.29, 1.82) is 0 Å². The van der Waals surface area contributed by atoms with Gasteiger partial charge in [-0.15, -0.1) is 0 Å². The maximum atomic E-state index is 12.4. The Hall–Kier alpha value is -1.89. The molecule has 6 heteroatoms. The summed E-state index contributed by atoms with van der Waals surface area (Å²) in [6, 6.07) is 16.0. The number of carbonyl (C=O) groups is 1. The van der Waals surface area contributed by atoms with Gasteiger partial charge in [0, 0.05) is 42.3 Å². The second kappa shape index (κ2) is 10.8. The molecule has 1 unspecified atom stereocenters. The molecule has 1 N–H and O–H groups in total. The number of hydrogen-bond acceptors (Lipinski definition) is 4. The van der Waals surface area contributed by atoms with Gasteiger partial charge >= 0.3 is 0 Å². The third-order valence-electron chi connectivity index (χ3n) is 5.06. The third-order valence-corrected chi connectivity index (χ3v) is 5.59. The maximum absolute atomic E-state index is 12.4. The summed E-state index contributed by atoms with van der Waals surface area (Å²) in [7, 11) is 4.15. The lowest BCUT2D eigenvalue weighted by Gasteiger charge is -2.17. The van der Waals surface area contributed by atoms with Crippen LogP contribution in [0.3, 0.4) is 0 Å².